The Balaban J connectivity index is 1.29. The van der Waals surface area contributed by atoms with Gasteiger partial charge in [0, 0.05) is 43.9 Å². The summed E-state index contributed by atoms with van der Waals surface area (Å²) in [5.41, 5.74) is 3.58. The van der Waals surface area contributed by atoms with Crippen molar-refractivity contribution in [1.29, 1.82) is 0 Å². The number of benzene rings is 1. The van der Waals surface area contributed by atoms with Crippen LogP contribution in [0, 0.1) is 6.92 Å². The Hall–Kier alpha value is -2.25. The number of urea groups is 1. The molecule has 0 unspecified atom stereocenters. The lowest BCUT2D eigenvalue weighted by molar-refractivity contribution is 0.122. The fraction of sp³-hybridized carbons (Fsp3) is 0.429. The van der Waals surface area contributed by atoms with E-state index in [0.29, 0.717) is 13.1 Å². The van der Waals surface area contributed by atoms with Crippen LogP contribution in [-0.2, 0) is 17.0 Å². The molecule has 7 heteroatoms. The molecule has 1 saturated heterocycles. The van der Waals surface area contributed by atoms with Gasteiger partial charge in [0.2, 0.25) is 0 Å². The van der Waals surface area contributed by atoms with E-state index in [1.807, 2.05) is 30.1 Å². The molecule has 6 nitrogen and oxygen atoms in total. The number of nitrogens with one attached hydrogen (secondary N) is 2. The van der Waals surface area contributed by atoms with Crippen LogP contribution in [0.4, 0.5) is 10.6 Å². The fourth-order valence-electron chi connectivity index (χ4n) is 2.86. The summed E-state index contributed by atoms with van der Waals surface area (Å²) < 4.78 is 5.36. The molecule has 1 aliphatic heterocycles. The Kier molecular flexibility index (Phi) is 7.99. The molecular formula is C21H28N4O2S. The first-order chi connectivity index (χ1) is 13.7. The maximum atomic E-state index is 11.9. The van der Waals surface area contributed by atoms with Crippen molar-refractivity contribution >= 4 is 23.6 Å². The van der Waals surface area contributed by atoms with Gasteiger partial charge in [0.25, 0.3) is 0 Å². The van der Waals surface area contributed by atoms with E-state index in [-0.39, 0.29) is 6.03 Å². The highest BCUT2D eigenvalue weighted by molar-refractivity contribution is 7.98. The fourth-order valence-corrected chi connectivity index (χ4v) is 3.68. The summed E-state index contributed by atoms with van der Waals surface area (Å²) in [7, 11) is 0. The third kappa shape index (κ3) is 6.73. The summed E-state index contributed by atoms with van der Waals surface area (Å²) in [6.45, 7) is 6.44. The van der Waals surface area contributed by atoms with Crippen LogP contribution in [0.25, 0.3) is 0 Å². The maximum absolute atomic E-state index is 11.9. The van der Waals surface area contributed by atoms with Crippen LogP contribution in [0.15, 0.2) is 42.6 Å². The Morgan fingerprint density at radius 3 is 2.57 bits per heavy atom. The minimum absolute atomic E-state index is 0.145. The minimum Gasteiger partial charge on any atom is -0.378 e. The van der Waals surface area contributed by atoms with Crippen molar-refractivity contribution in [2.45, 2.75) is 19.2 Å². The number of thioether (sulfide) groups is 1. The smallest absolute Gasteiger partial charge is 0.315 e. The molecule has 150 valence electrons. The van der Waals surface area contributed by atoms with Crippen LogP contribution >= 0.6 is 11.8 Å². The van der Waals surface area contributed by atoms with Gasteiger partial charge in [-0.05, 0) is 24.1 Å². The lowest BCUT2D eigenvalue weighted by Crippen LogP contribution is -2.37. The molecule has 1 aliphatic rings. The number of carbonyl (C=O) groups is 1. The van der Waals surface area contributed by atoms with E-state index in [4.69, 9.17) is 4.74 Å². The van der Waals surface area contributed by atoms with Gasteiger partial charge in [-0.3, -0.25) is 0 Å². The molecule has 1 aromatic heterocycles. The predicted octanol–water partition coefficient (Wildman–Crippen LogP) is 2.96. The quantitative estimate of drug-likeness (QED) is 0.667. The van der Waals surface area contributed by atoms with Crippen LogP contribution < -0.4 is 15.5 Å². The van der Waals surface area contributed by atoms with Crippen LogP contribution in [0.2, 0.25) is 0 Å². The molecule has 0 bridgehead atoms. The number of ether oxygens (including phenoxy) is 1. The molecule has 0 aliphatic carbocycles. The maximum Gasteiger partial charge on any atom is 0.315 e. The number of anilines is 1. The molecule has 0 saturated carbocycles. The number of carbonyl (C=O) groups excluding carboxylic acids is 1. The van der Waals surface area contributed by atoms with E-state index in [1.165, 1.54) is 11.1 Å². The van der Waals surface area contributed by atoms with E-state index in [2.05, 4.69) is 51.7 Å². The first-order valence-electron chi connectivity index (χ1n) is 9.63. The molecular weight excluding hydrogens is 372 g/mol. The lowest BCUT2D eigenvalue weighted by Gasteiger charge is -2.27. The monoisotopic (exact) mass is 400 g/mol. The number of hydrogen-bond acceptors (Lipinski definition) is 5. The standard InChI is InChI=1S/C21H28N4O2S/c1-17-2-4-18(5-3-17)16-28-13-8-22-21(26)24-15-19-6-7-20(23-14-19)25-9-11-27-12-10-25/h2-7,14H,8-13,15-16H2,1H3,(H2,22,24,26). The number of amides is 2. The number of aromatic nitrogens is 1. The van der Waals surface area contributed by atoms with Crippen LogP contribution in [0.1, 0.15) is 16.7 Å². The molecule has 1 aromatic carbocycles. The first kappa shape index (κ1) is 20.5. The molecule has 2 N–H and O–H groups in total. The Morgan fingerprint density at radius 1 is 1.11 bits per heavy atom. The average Bonchev–Trinajstić information content (AvgIpc) is 2.74. The van der Waals surface area contributed by atoms with E-state index < -0.39 is 0 Å². The average molecular weight is 401 g/mol. The second kappa shape index (κ2) is 10.9. The van der Waals surface area contributed by atoms with E-state index in [9.17, 15) is 4.79 Å². The second-order valence-corrected chi connectivity index (χ2v) is 7.88. The zero-order valence-corrected chi connectivity index (χ0v) is 17.1. The van der Waals surface area contributed by atoms with E-state index in [0.717, 1.165) is 49.2 Å². The normalized spacial score (nSPS) is 14.0. The Morgan fingerprint density at radius 2 is 1.86 bits per heavy atom. The number of morpholine rings is 1. The van der Waals surface area contributed by atoms with Gasteiger partial charge < -0.3 is 20.3 Å². The van der Waals surface area contributed by atoms with E-state index in [1.54, 1.807) is 0 Å². The van der Waals surface area contributed by atoms with Gasteiger partial charge in [-0.15, -0.1) is 0 Å². The zero-order valence-electron chi connectivity index (χ0n) is 16.3. The summed E-state index contributed by atoms with van der Waals surface area (Å²) in [6, 6.07) is 12.4. The van der Waals surface area contributed by atoms with E-state index >= 15 is 0 Å². The van der Waals surface area contributed by atoms with Gasteiger partial charge in [0.05, 0.1) is 13.2 Å². The van der Waals surface area contributed by atoms with Crippen molar-refractivity contribution in [3.63, 3.8) is 0 Å². The summed E-state index contributed by atoms with van der Waals surface area (Å²) in [4.78, 5) is 18.6. The Bertz CT molecular complexity index is 731. The summed E-state index contributed by atoms with van der Waals surface area (Å²) in [5.74, 6) is 2.81. The summed E-state index contributed by atoms with van der Waals surface area (Å²) in [5, 5.41) is 5.78. The molecule has 0 spiro atoms. The van der Waals surface area contributed by atoms with Gasteiger partial charge in [-0.1, -0.05) is 35.9 Å². The van der Waals surface area contributed by atoms with Gasteiger partial charge >= 0.3 is 6.03 Å². The van der Waals surface area contributed by atoms with Crippen molar-refractivity contribution in [2.24, 2.45) is 0 Å². The third-order valence-electron chi connectivity index (χ3n) is 4.52. The van der Waals surface area contributed by atoms with Crippen LogP contribution in [0.5, 0.6) is 0 Å². The van der Waals surface area contributed by atoms with Crippen LogP contribution in [-0.4, -0.2) is 49.6 Å². The summed E-state index contributed by atoms with van der Waals surface area (Å²) in [6.07, 6.45) is 1.82. The number of hydrogen-bond donors (Lipinski definition) is 2. The highest BCUT2D eigenvalue weighted by Crippen LogP contribution is 2.13. The molecule has 3 rings (SSSR count). The van der Waals surface area contributed by atoms with Gasteiger partial charge in [0.1, 0.15) is 5.82 Å². The highest BCUT2D eigenvalue weighted by Gasteiger charge is 2.12. The van der Waals surface area contributed by atoms with Crippen LogP contribution in [0.3, 0.4) is 0 Å². The van der Waals surface area contributed by atoms with Gasteiger partial charge in [-0.25, -0.2) is 9.78 Å². The number of pyridine rings is 1. The van der Waals surface area contributed by atoms with Crippen molar-refractivity contribution in [1.82, 2.24) is 15.6 Å². The molecule has 28 heavy (non-hydrogen) atoms. The van der Waals surface area contributed by atoms with Gasteiger partial charge in [-0.2, -0.15) is 11.8 Å². The number of rotatable bonds is 8. The molecule has 0 radical (unpaired) electrons. The largest absolute Gasteiger partial charge is 0.378 e. The SMILES string of the molecule is Cc1ccc(CSCCNC(=O)NCc2ccc(N3CCOCC3)nc2)cc1. The first-order valence-corrected chi connectivity index (χ1v) is 10.8. The molecule has 2 amide bonds. The Labute approximate surface area is 171 Å². The number of nitrogens with zero attached hydrogens (tertiary/aromatic N) is 2. The minimum atomic E-state index is -0.145. The zero-order chi connectivity index (χ0) is 19.6. The second-order valence-electron chi connectivity index (χ2n) is 6.77. The topological polar surface area (TPSA) is 66.5 Å². The third-order valence-corrected chi connectivity index (χ3v) is 5.55. The highest BCUT2D eigenvalue weighted by atomic mass is 32.2. The molecule has 2 heterocycles. The van der Waals surface area contributed by atoms with Crippen molar-refractivity contribution < 1.29 is 9.53 Å². The molecule has 1 fully saturated rings. The lowest BCUT2D eigenvalue weighted by atomic mass is 10.2. The molecule has 0 atom stereocenters. The molecule has 2 aromatic rings. The predicted molar refractivity (Wildman–Crippen MR) is 115 cm³/mol. The number of aryl methyl sites for hydroxylation is 1. The van der Waals surface area contributed by atoms with Crippen molar-refractivity contribution in [2.75, 3.05) is 43.5 Å². The summed E-state index contributed by atoms with van der Waals surface area (Å²) >= 11 is 1.82. The van der Waals surface area contributed by atoms with Crippen molar-refractivity contribution in [3.05, 3.63) is 59.3 Å². The van der Waals surface area contributed by atoms with Crippen molar-refractivity contribution in [3.8, 4) is 0 Å². The van der Waals surface area contributed by atoms with Gasteiger partial charge in [0.15, 0.2) is 0 Å².